The van der Waals surface area contributed by atoms with Crippen molar-refractivity contribution in [3.8, 4) is 5.75 Å². The summed E-state index contributed by atoms with van der Waals surface area (Å²) in [5, 5.41) is 5.50. The summed E-state index contributed by atoms with van der Waals surface area (Å²) in [6.07, 6.45) is 4.77. The van der Waals surface area contributed by atoms with Crippen molar-refractivity contribution in [2.45, 2.75) is 32.3 Å². The molecular formula is C21H26N2O2S. The molecule has 26 heavy (non-hydrogen) atoms. The van der Waals surface area contributed by atoms with Crippen LogP contribution < -0.4 is 10.1 Å². The molecule has 2 aliphatic heterocycles. The summed E-state index contributed by atoms with van der Waals surface area (Å²) in [6, 6.07) is 11.7. The van der Waals surface area contributed by atoms with E-state index in [1.54, 1.807) is 11.3 Å². The molecule has 2 fully saturated rings. The van der Waals surface area contributed by atoms with Gasteiger partial charge < -0.3 is 15.0 Å². The molecule has 2 aromatic rings. The van der Waals surface area contributed by atoms with Crippen LogP contribution in [0.4, 0.5) is 0 Å². The number of hydrogen-bond acceptors (Lipinski definition) is 4. The van der Waals surface area contributed by atoms with Gasteiger partial charge in [-0.2, -0.15) is 0 Å². The van der Waals surface area contributed by atoms with Crippen LogP contribution in [-0.4, -0.2) is 37.0 Å². The molecule has 0 radical (unpaired) electrons. The summed E-state index contributed by atoms with van der Waals surface area (Å²) in [5.74, 6) is 0.895. The average molecular weight is 371 g/mol. The zero-order chi connectivity index (χ0) is 17.8. The molecule has 0 unspecified atom stereocenters. The van der Waals surface area contributed by atoms with Crippen molar-refractivity contribution >= 4 is 17.2 Å². The van der Waals surface area contributed by atoms with Crippen LogP contribution in [-0.2, 0) is 6.61 Å². The highest BCUT2D eigenvalue weighted by Crippen LogP contribution is 2.39. The van der Waals surface area contributed by atoms with Crippen LogP contribution in [0.15, 0.2) is 41.8 Å². The Kier molecular flexibility index (Phi) is 5.27. The van der Waals surface area contributed by atoms with Gasteiger partial charge in [0, 0.05) is 23.5 Å². The molecule has 4 rings (SSSR count). The number of carbonyl (C=O) groups is 1. The van der Waals surface area contributed by atoms with Gasteiger partial charge in [-0.05, 0) is 73.8 Å². The molecule has 0 saturated carbocycles. The van der Waals surface area contributed by atoms with Crippen molar-refractivity contribution in [1.29, 1.82) is 0 Å². The fraction of sp³-hybridized carbons (Fsp3) is 0.476. The van der Waals surface area contributed by atoms with Crippen molar-refractivity contribution in [2.75, 3.05) is 26.2 Å². The van der Waals surface area contributed by atoms with Crippen molar-refractivity contribution in [2.24, 2.45) is 5.41 Å². The van der Waals surface area contributed by atoms with Crippen LogP contribution in [0.25, 0.3) is 0 Å². The highest BCUT2D eigenvalue weighted by molar-refractivity contribution is 7.09. The van der Waals surface area contributed by atoms with Gasteiger partial charge in [0.1, 0.15) is 12.4 Å². The van der Waals surface area contributed by atoms with E-state index in [0.717, 1.165) is 50.3 Å². The van der Waals surface area contributed by atoms with Crippen LogP contribution in [0.2, 0.25) is 0 Å². The quantitative estimate of drug-likeness (QED) is 0.886. The second-order valence-corrected chi connectivity index (χ2v) is 8.47. The van der Waals surface area contributed by atoms with E-state index in [-0.39, 0.29) is 5.91 Å². The predicted octanol–water partition coefficient (Wildman–Crippen LogP) is 3.93. The average Bonchev–Trinajstić information content (AvgIpc) is 3.21. The van der Waals surface area contributed by atoms with E-state index in [1.165, 1.54) is 17.7 Å². The van der Waals surface area contributed by atoms with E-state index in [4.69, 9.17) is 4.74 Å². The van der Waals surface area contributed by atoms with Gasteiger partial charge in [-0.3, -0.25) is 4.79 Å². The molecule has 0 aliphatic carbocycles. The SMILES string of the molecule is O=C(c1cccc(OCc2cccs2)c1)N1CCC2(CCNCC2)CC1. The van der Waals surface area contributed by atoms with Gasteiger partial charge >= 0.3 is 0 Å². The van der Waals surface area contributed by atoms with E-state index in [1.807, 2.05) is 40.6 Å². The van der Waals surface area contributed by atoms with Crippen LogP contribution in [0.3, 0.4) is 0 Å². The van der Waals surface area contributed by atoms with Crippen molar-refractivity contribution in [3.63, 3.8) is 0 Å². The van der Waals surface area contributed by atoms with E-state index >= 15 is 0 Å². The van der Waals surface area contributed by atoms with E-state index in [2.05, 4.69) is 11.4 Å². The van der Waals surface area contributed by atoms with Gasteiger partial charge in [-0.1, -0.05) is 12.1 Å². The number of carbonyl (C=O) groups excluding carboxylic acids is 1. The van der Waals surface area contributed by atoms with Crippen LogP contribution >= 0.6 is 11.3 Å². The van der Waals surface area contributed by atoms with Crippen molar-refractivity contribution in [1.82, 2.24) is 10.2 Å². The van der Waals surface area contributed by atoms with Crippen molar-refractivity contribution < 1.29 is 9.53 Å². The molecule has 4 nitrogen and oxygen atoms in total. The minimum Gasteiger partial charge on any atom is -0.488 e. The Balaban J connectivity index is 1.36. The maximum atomic E-state index is 12.9. The van der Waals surface area contributed by atoms with Gasteiger partial charge in [0.2, 0.25) is 0 Å². The Labute approximate surface area is 159 Å². The first-order chi connectivity index (χ1) is 12.7. The second kappa shape index (κ2) is 7.80. The first kappa shape index (κ1) is 17.6. The zero-order valence-electron chi connectivity index (χ0n) is 15.1. The lowest BCUT2D eigenvalue weighted by atomic mass is 9.71. The van der Waals surface area contributed by atoms with Crippen molar-refractivity contribution in [3.05, 3.63) is 52.2 Å². The number of likely N-dealkylation sites (tertiary alicyclic amines) is 1. The number of amides is 1. The fourth-order valence-corrected chi connectivity index (χ4v) is 4.71. The van der Waals surface area contributed by atoms with Gasteiger partial charge in [0.15, 0.2) is 0 Å². The lowest BCUT2D eigenvalue weighted by molar-refractivity contribution is 0.0495. The minimum absolute atomic E-state index is 0.135. The molecule has 5 heteroatoms. The molecule has 0 atom stereocenters. The molecule has 3 heterocycles. The summed E-state index contributed by atoms with van der Waals surface area (Å²) in [7, 11) is 0. The number of benzene rings is 1. The lowest BCUT2D eigenvalue weighted by Crippen LogP contribution is -2.47. The third-order valence-corrected chi connectivity index (χ3v) is 6.67. The maximum Gasteiger partial charge on any atom is 0.253 e. The molecule has 1 aromatic carbocycles. The van der Waals surface area contributed by atoms with Crippen LogP contribution in [0.5, 0.6) is 5.75 Å². The summed E-state index contributed by atoms with van der Waals surface area (Å²) >= 11 is 1.68. The second-order valence-electron chi connectivity index (χ2n) is 7.44. The first-order valence-electron chi connectivity index (χ1n) is 9.49. The normalized spacial score (nSPS) is 19.5. The van der Waals surface area contributed by atoms with Crippen LogP contribution in [0, 0.1) is 5.41 Å². The molecule has 2 saturated heterocycles. The molecule has 1 N–H and O–H groups in total. The molecule has 1 aromatic heterocycles. The number of hydrogen-bond donors (Lipinski definition) is 1. The Hall–Kier alpha value is -1.85. The predicted molar refractivity (Wildman–Crippen MR) is 105 cm³/mol. The molecule has 1 spiro atoms. The van der Waals surface area contributed by atoms with Crippen LogP contribution in [0.1, 0.15) is 40.9 Å². The first-order valence-corrected chi connectivity index (χ1v) is 10.4. The molecule has 1 amide bonds. The van der Waals surface area contributed by atoms with Gasteiger partial charge in [0.05, 0.1) is 0 Å². The third-order valence-electron chi connectivity index (χ3n) is 5.82. The monoisotopic (exact) mass is 370 g/mol. The fourth-order valence-electron chi connectivity index (χ4n) is 4.09. The highest BCUT2D eigenvalue weighted by atomic mass is 32.1. The topological polar surface area (TPSA) is 41.6 Å². The minimum atomic E-state index is 0.135. The highest BCUT2D eigenvalue weighted by Gasteiger charge is 2.36. The van der Waals surface area contributed by atoms with Gasteiger partial charge in [-0.15, -0.1) is 11.3 Å². The summed E-state index contributed by atoms with van der Waals surface area (Å²) < 4.78 is 5.85. The van der Waals surface area contributed by atoms with E-state index in [9.17, 15) is 4.79 Å². The Morgan fingerprint density at radius 3 is 2.65 bits per heavy atom. The number of nitrogens with one attached hydrogen (secondary N) is 1. The Morgan fingerprint density at radius 1 is 1.12 bits per heavy atom. The Morgan fingerprint density at radius 2 is 1.92 bits per heavy atom. The van der Waals surface area contributed by atoms with E-state index in [0.29, 0.717) is 12.0 Å². The smallest absolute Gasteiger partial charge is 0.253 e. The molecule has 2 aliphatic rings. The van der Waals surface area contributed by atoms with E-state index < -0.39 is 0 Å². The number of ether oxygens (including phenoxy) is 1. The summed E-state index contributed by atoms with van der Waals surface area (Å²) in [4.78, 5) is 16.1. The van der Waals surface area contributed by atoms with Gasteiger partial charge in [0.25, 0.3) is 5.91 Å². The standard InChI is InChI=1S/C21H26N2O2S/c24-20(23-12-8-21(9-13-23)6-10-22-11-7-21)17-3-1-4-18(15-17)25-16-19-5-2-14-26-19/h1-5,14-15,22H,6-13,16H2. The number of nitrogens with zero attached hydrogens (tertiary/aromatic N) is 1. The Bertz CT molecular complexity index is 728. The zero-order valence-corrected chi connectivity index (χ0v) is 15.9. The summed E-state index contributed by atoms with van der Waals surface area (Å²) in [5.41, 5.74) is 1.20. The lowest BCUT2D eigenvalue weighted by Gasteiger charge is -2.44. The molecule has 0 bridgehead atoms. The number of rotatable bonds is 4. The molecular weight excluding hydrogens is 344 g/mol. The largest absolute Gasteiger partial charge is 0.488 e. The number of piperidine rings is 2. The third kappa shape index (κ3) is 3.94. The number of thiophene rings is 1. The van der Waals surface area contributed by atoms with Gasteiger partial charge in [-0.25, -0.2) is 0 Å². The molecule has 138 valence electrons. The maximum absolute atomic E-state index is 12.9. The summed E-state index contributed by atoms with van der Waals surface area (Å²) in [6.45, 7) is 4.54.